The van der Waals surface area contributed by atoms with E-state index in [4.69, 9.17) is 18.9 Å². The van der Waals surface area contributed by atoms with Gasteiger partial charge in [0, 0.05) is 48.2 Å². The molecule has 480 valence electrons. The van der Waals surface area contributed by atoms with Gasteiger partial charge in [0.15, 0.2) is 50.7 Å². The second-order valence-electron chi connectivity index (χ2n) is 23.7. The first-order valence-electron chi connectivity index (χ1n) is 30.8. The number of carbonyl (C=O) groups is 4. The Kier molecular flexibility index (Phi) is 22.3. The third kappa shape index (κ3) is 15.8. The molecule has 2 aliphatic rings. The summed E-state index contributed by atoms with van der Waals surface area (Å²) < 4.78 is 64.1. The van der Waals surface area contributed by atoms with Crippen LogP contribution in [-0.4, -0.2) is 48.9 Å². The Hall–Kier alpha value is -8.50. The van der Waals surface area contributed by atoms with Crippen LogP contribution in [0.5, 0.6) is 17.2 Å². The van der Waals surface area contributed by atoms with Crippen LogP contribution in [0.3, 0.4) is 0 Å². The van der Waals surface area contributed by atoms with Crippen molar-refractivity contribution in [2.24, 2.45) is 10.8 Å². The highest BCUT2D eigenvalue weighted by Crippen LogP contribution is 2.66. The summed E-state index contributed by atoms with van der Waals surface area (Å²) in [6.45, 7) is 18.2. The van der Waals surface area contributed by atoms with E-state index in [9.17, 15) is 32.3 Å². The van der Waals surface area contributed by atoms with Crippen LogP contribution in [0.1, 0.15) is 86.8 Å². The zero-order valence-electron chi connectivity index (χ0n) is 54.1. The molecule has 2 unspecified atom stereocenters. The minimum absolute atomic E-state index is 0.198. The molecule has 15 heteroatoms. The molecule has 0 radical (unpaired) electrons. The van der Waals surface area contributed by atoms with Gasteiger partial charge in [-0.3, -0.25) is 9.59 Å². The SMILES string of the molecule is CCC(=O)Oc1c(C)cc([S+](c2ccccc2)c2ccccc2)cc1C.Cc1cc([S+](c2ccccc2)c2ccccc2)cc(C)c1OC(=O)C12CCC(C)(C(=O)O1)C2(C)C.Cc1cc([S+](c2ccccc2)c2ccccc2)cc(C)c1OCC(=O)OCCC(F)(F)F. The van der Waals surface area contributed by atoms with Gasteiger partial charge in [-0.2, -0.15) is 13.2 Å². The molecular weight excluding hydrogens is 1230 g/mol. The van der Waals surface area contributed by atoms with Gasteiger partial charge in [0.2, 0.25) is 5.60 Å². The maximum absolute atomic E-state index is 13.6. The third-order valence-corrected chi connectivity index (χ3v) is 23.6. The van der Waals surface area contributed by atoms with Crippen molar-refractivity contribution in [2.75, 3.05) is 13.2 Å². The molecule has 9 aromatic carbocycles. The average molecular weight is 1310 g/mol. The minimum atomic E-state index is -4.36. The van der Waals surface area contributed by atoms with E-state index in [1.54, 1.807) is 0 Å². The van der Waals surface area contributed by atoms with Gasteiger partial charge in [0.05, 0.1) is 44.5 Å². The Morgan fingerprint density at radius 2 is 0.763 bits per heavy atom. The van der Waals surface area contributed by atoms with Crippen LogP contribution in [0.2, 0.25) is 0 Å². The summed E-state index contributed by atoms with van der Waals surface area (Å²) in [4.78, 5) is 60.5. The molecule has 9 nitrogen and oxygen atoms in total. The predicted molar refractivity (Wildman–Crippen MR) is 362 cm³/mol. The zero-order valence-corrected chi connectivity index (χ0v) is 56.5. The number of halogens is 3. The van der Waals surface area contributed by atoms with Crippen molar-refractivity contribution in [3.8, 4) is 17.2 Å². The van der Waals surface area contributed by atoms with Crippen molar-refractivity contribution < 1.29 is 56.0 Å². The quantitative estimate of drug-likeness (QED) is 0.0471. The summed E-state index contributed by atoms with van der Waals surface area (Å²) in [6, 6.07) is 75.0. The number of alkyl halides is 3. The smallest absolute Gasteiger partial charge is 0.392 e. The second kappa shape index (κ2) is 30.1. The molecule has 0 spiro atoms. The summed E-state index contributed by atoms with van der Waals surface area (Å²) in [5.41, 5.74) is 2.89. The van der Waals surface area contributed by atoms with E-state index in [-0.39, 0.29) is 44.6 Å². The number of hydrogen-bond acceptors (Lipinski definition) is 9. The maximum Gasteiger partial charge on any atom is 0.392 e. The Balaban J connectivity index is 0.000000166. The van der Waals surface area contributed by atoms with Crippen molar-refractivity contribution in [3.05, 3.63) is 252 Å². The monoisotopic (exact) mass is 1310 g/mol. The molecule has 0 N–H and O–H groups in total. The van der Waals surface area contributed by atoms with Crippen LogP contribution in [0, 0.1) is 52.4 Å². The number of benzene rings is 9. The fourth-order valence-electron chi connectivity index (χ4n) is 11.7. The van der Waals surface area contributed by atoms with Gasteiger partial charge >= 0.3 is 30.1 Å². The maximum atomic E-state index is 13.6. The lowest BCUT2D eigenvalue weighted by molar-refractivity contribution is -0.176. The molecule has 93 heavy (non-hydrogen) atoms. The molecule has 2 atom stereocenters. The summed E-state index contributed by atoms with van der Waals surface area (Å²) in [5.74, 6) is -0.0356. The number of hydrogen-bond donors (Lipinski definition) is 0. The first-order chi connectivity index (χ1) is 44.4. The number of esters is 4. The van der Waals surface area contributed by atoms with Crippen LogP contribution >= 0.6 is 0 Å². The lowest BCUT2D eigenvalue weighted by atomic mass is 9.66. The van der Waals surface area contributed by atoms with Crippen molar-refractivity contribution in [2.45, 2.75) is 151 Å². The third-order valence-electron chi connectivity index (χ3n) is 17.0. The molecule has 11 rings (SSSR count). The molecule has 1 aliphatic heterocycles. The van der Waals surface area contributed by atoms with Gasteiger partial charge in [-0.25, -0.2) is 9.59 Å². The van der Waals surface area contributed by atoms with E-state index in [1.807, 2.05) is 142 Å². The Morgan fingerprint density at radius 1 is 0.452 bits per heavy atom. The zero-order chi connectivity index (χ0) is 66.7. The highest BCUT2D eigenvalue weighted by molar-refractivity contribution is 7.97. The number of fused-ring (bicyclic) bond motifs is 2. The van der Waals surface area contributed by atoms with Gasteiger partial charge in [0.25, 0.3) is 0 Å². The van der Waals surface area contributed by atoms with E-state index in [0.717, 1.165) is 43.2 Å². The normalized spacial score (nSPS) is 16.2. The molecule has 1 aliphatic carbocycles. The highest BCUT2D eigenvalue weighted by atomic mass is 32.2. The second-order valence-corrected chi connectivity index (χ2v) is 29.8. The van der Waals surface area contributed by atoms with Crippen LogP contribution in [0.25, 0.3) is 0 Å². The topological polar surface area (TPSA) is 114 Å². The van der Waals surface area contributed by atoms with Gasteiger partial charge in [-0.1, -0.05) is 130 Å². The first kappa shape index (κ1) is 68.9. The van der Waals surface area contributed by atoms with E-state index in [0.29, 0.717) is 36.5 Å². The molecule has 1 saturated heterocycles. The Bertz CT molecular complexity index is 3870. The van der Waals surface area contributed by atoms with E-state index in [2.05, 4.69) is 150 Å². The Morgan fingerprint density at radius 3 is 1.04 bits per heavy atom. The van der Waals surface area contributed by atoms with Crippen molar-refractivity contribution in [3.63, 3.8) is 0 Å². The van der Waals surface area contributed by atoms with E-state index < -0.39 is 54.2 Å². The van der Waals surface area contributed by atoms with Gasteiger partial charge in [0.1, 0.15) is 23.9 Å². The van der Waals surface area contributed by atoms with Crippen LogP contribution in [0.15, 0.2) is 262 Å². The fourth-order valence-corrected chi connectivity index (χ4v) is 18.5. The molecule has 0 aromatic heterocycles. The molecular formula is C78H78F3O9S3+3. The van der Waals surface area contributed by atoms with E-state index >= 15 is 0 Å². The summed E-state index contributed by atoms with van der Waals surface area (Å²) >= 11 is 0. The summed E-state index contributed by atoms with van der Waals surface area (Å²) in [5, 5.41) is 0. The number of aryl methyl sites for hydroxylation is 6. The van der Waals surface area contributed by atoms with Crippen molar-refractivity contribution in [1.29, 1.82) is 0 Å². The summed E-state index contributed by atoms with van der Waals surface area (Å²) in [7, 11) is -0.815. The molecule has 1 saturated carbocycles. The van der Waals surface area contributed by atoms with Gasteiger partial charge in [-0.15, -0.1) is 0 Å². The highest BCUT2D eigenvalue weighted by Gasteiger charge is 2.76. The van der Waals surface area contributed by atoms with Crippen LogP contribution in [0.4, 0.5) is 13.2 Å². The molecule has 0 amide bonds. The lowest BCUT2D eigenvalue weighted by Crippen LogP contribution is -2.50. The van der Waals surface area contributed by atoms with Gasteiger partial charge < -0.3 is 23.7 Å². The largest absolute Gasteiger partial charge is 0.481 e. The first-order valence-corrected chi connectivity index (χ1v) is 34.5. The minimum Gasteiger partial charge on any atom is -0.481 e. The van der Waals surface area contributed by atoms with Crippen LogP contribution < -0.4 is 14.2 Å². The summed E-state index contributed by atoms with van der Waals surface area (Å²) in [6.07, 6.45) is -4.05. The molecule has 9 aromatic rings. The number of rotatable bonds is 18. The van der Waals surface area contributed by atoms with Gasteiger partial charge in [-0.05, 0) is 167 Å². The fraction of sp³-hybridized carbons (Fsp3) is 0.256. The van der Waals surface area contributed by atoms with Crippen molar-refractivity contribution >= 4 is 56.6 Å². The molecule has 2 fully saturated rings. The molecule has 2 bridgehead atoms. The van der Waals surface area contributed by atoms with E-state index in [1.165, 1.54) is 34.3 Å². The van der Waals surface area contributed by atoms with Crippen LogP contribution in [-0.2, 0) is 61.3 Å². The lowest BCUT2D eigenvalue weighted by Gasteiger charge is -2.34. The predicted octanol–water partition coefficient (Wildman–Crippen LogP) is 18.4. The number of carbonyl (C=O) groups excluding carboxylic acids is 4. The standard InChI is InChI=1S/C30H31O4S.C25H24F3O3S.C23H23O2S/c1-20-18-24(35(22-12-8-6-9-13-22)23-14-10-7-11-15-23)19-21(2)25(20)33-27(32)30-17-16-29(5,26(31)34-30)28(30,3)4;1-18-15-22(32(20-9-5-3-6-10-20)21-11-7-4-8-12-21)16-19(2)24(18)31-17-23(29)30-14-13-25(26,27)28;1-4-22(24)25-23-17(2)15-21(16-18(23)3)26(19-11-7-5-8-12-19)20-13-9-6-10-14-20/h6-15,18-19H,16-17H2,1-5H3;3-12,15-16H,13-14,17H2,1-2H3;5-16H,4H2,1-3H3/q3*+1. The Labute approximate surface area is 553 Å². The molecule has 1 heterocycles. The average Bonchev–Trinajstić information content (AvgIpc) is 1.52. The number of ether oxygens (including phenoxy) is 5. The van der Waals surface area contributed by atoms with Crippen molar-refractivity contribution in [1.82, 2.24) is 0 Å².